The third-order valence-corrected chi connectivity index (χ3v) is 3.86. The molecule has 0 aliphatic heterocycles. The highest BCUT2D eigenvalue weighted by Gasteiger charge is 2.27. The van der Waals surface area contributed by atoms with Gasteiger partial charge in [-0.3, -0.25) is 0 Å². The molecule has 2 amide bonds. The van der Waals surface area contributed by atoms with Crippen LogP contribution in [0.15, 0.2) is 24.3 Å². The van der Waals surface area contributed by atoms with Gasteiger partial charge in [0, 0.05) is 18.2 Å². The Morgan fingerprint density at radius 1 is 1.33 bits per heavy atom. The first-order chi connectivity index (χ1) is 11.3. The lowest BCUT2D eigenvalue weighted by atomic mass is 10.1. The first-order valence-corrected chi connectivity index (χ1v) is 7.80. The van der Waals surface area contributed by atoms with Gasteiger partial charge in [-0.1, -0.05) is 18.6 Å². The Balaban J connectivity index is 1.77. The van der Waals surface area contributed by atoms with Gasteiger partial charge in [0.1, 0.15) is 6.61 Å². The number of alkyl halides is 3. The van der Waals surface area contributed by atoms with Gasteiger partial charge < -0.3 is 20.5 Å². The van der Waals surface area contributed by atoms with Gasteiger partial charge >= 0.3 is 12.2 Å². The van der Waals surface area contributed by atoms with Crippen molar-refractivity contribution in [2.75, 3.05) is 18.5 Å². The molecule has 2 atom stereocenters. The highest BCUT2D eigenvalue weighted by molar-refractivity contribution is 5.89. The topological polar surface area (TPSA) is 70.6 Å². The van der Waals surface area contributed by atoms with E-state index in [4.69, 9.17) is 0 Å². The number of anilines is 1. The molecular formula is C16H21F3N2O3. The summed E-state index contributed by atoms with van der Waals surface area (Å²) >= 11 is 0. The SMILES string of the molecule is O=C(NC[C@H]1CCC[C@H]1O)Nc1cccc(COCC(F)(F)F)c1. The average molecular weight is 346 g/mol. The quantitative estimate of drug-likeness (QED) is 0.741. The molecule has 0 unspecified atom stereocenters. The molecule has 1 aliphatic carbocycles. The largest absolute Gasteiger partial charge is 0.411 e. The van der Waals surface area contributed by atoms with Crippen molar-refractivity contribution < 1.29 is 27.8 Å². The molecule has 1 saturated carbocycles. The Hall–Kier alpha value is -1.80. The lowest BCUT2D eigenvalue weighted by molar-refractivity contribution is -0.176. The lowest BCUT2D eigenvalue weighted by Crippen LogP contribution is -2.35. The van der Waals surface area contributed by atoms with Crippen molar-refractivity contribution in [1.82, 2.24) is 5.32 Å². The Labute approximate surface area is 138 Å². The second kappa shape index (κ2) is 8.34. The summed E-state index contributed by atoms with van der Waals surface area (Å²) in [7, 11) is 0. The van der Waals surface area contributed by atoms with E-state index in [1.807, 2.05) is 0 Å². The molecule has 0 radical (unpaired) electrons. The third kappa shape index (κ3) is 6.37. The van der Waals surface area contributed by atoms with E-state index in [9.17, 15) is 23.1 Å². The van der Waals surface area contributed by atoms with E-state index in [2.05, 4.69) is 15.4 Å². The summed E-state index contributed by atoms with van der Waals surface area (Å²) in [5.41, 5.74) is 0.996. The average Bonchev–Trinajstić information content (AvgIpc) is 2.89. The number of aliphatic hydroxyl groups excluding tert-OH is 1. The second-order valence-electron chi connectivity index (χ2n) is 5.90. The zero-order valence-electron chi connectivity index (χ0n) is 13.1. The number of benzene rings is 1. The normalized spacial score (nSPS) is 20.8. The van der Waals surface area contributed by atoms with Crippen molar-refractivity contribution >= 4 is 11.7 Å². The molecule has 0 aromatic heterocycles. The minimum absolute atomic E-state index is 0.0675. The molecule has 5 nitrogen and oxygen atoms in total. The zero-order chi connectivity index (χ0) is 17.6. The van der Waals surface area contributed by atoms with Crippen LogP contribution in [0, 0.1) is 5.92 Å². The van der Waals surface area contributed by atoms with Crippen LogP contribution >= 0.6 is 0 Å². The summed E-state index contributed by atoms with van der Waals surface area (Å²) in [6.45, 7) is -1.11. The van der Waals surface area contributed by atoms with Gasteiger partial charge in [0.05, 0.1) is 12.7 Å². The molecular weight excluding hydrogens is 325 g/mol. The highest BCUT2D eigenvalue weighted by atomic mass is 19.4. The van der Waals surface area contributed by atoms with Crippen LogP contribution in [0.2, 0.25) is 0 Å². The van der Waals surface area contributed by atoms with Crippen molar-refractivity contribution in [2.45, 2.75) is 38.1 Å². The van der Waals surface area contributed by atoms with E-state index >= 15 is 0 Å². The van der Waals surface area contributed by atoms with Crippen molar-refractivity contribution in [2.24, 2.45) is 5.92 Å². The highest BCUT2D eigenvalue weighted by Crippen LogP contribution is 2.24. The van der Waals surface area contributed by atoms with Crippen LogP contribution in [0.3, 0.4) is 0 Å². The third-order valence-electron chi connectivity index (χ3n) is 3.86. The number of nitrogens with one attached hydrogen (secondary N) is 2. The number of carbonyl (C=O) groups is 1. The van der Waals surface area contributed by atoms with Gasteiger partial charge in [0.25, 0.3) is 0 Å². The smallest absolute Gasteiger partial charge is 0.393 e. The maximum absolute atomic E-state index is 12.0. The summed E-state index contributed by atoms with van der Waals surface area (Å²) in [6, 6.07) is 6.02. The molecule has 134 valence electrons. The number of aliphatic hydroxyl groups is 1. The van der Waals surface area contributed by atoms with Crippen LogP contribution in [0.5, 0.6) is 0 Å². The molecule has 0 saturated heterocycles. The maximum atomic E-state index is 12.0. The van der Waals surface area contributed by atoms with Crippen LogP contribution in [0.25, 0.3) is 0 Å². The number of hydrogen-bond acceptors (Lipinski definition) is 3. The second-order valence-corrected chi connectivity index (χ2v) is 5.90. The predicted molar refractivity (Wildman–Crippen MR) is 82.5 cm³/mol. The molecule has 0 spiro atoms. The monoisotopic (exact) mass is 346 g/mol. The summed E-state index contributed by atoms with van der Waals surface area (Å²) in [4.78, 5) is 11.8. The number of hydrogen-bond donors (Lipinski definition) is 3. The summed E-state index contributed by atoms with van der Waals surface area (Å²) in [5.74, 6) is 0.0675. The minimum atomic E-state index is -4.36. The Morgan fingerprint density at radius 3 is 2.79 bits per heavy atom. The first kappa shape index (κ1) is 18.5. The van der Waals surface area contributed by atoms with Gasteiger partial charge in [-0.15, -0.1) is 0 Å². The standard InChI is InChI=1S/C16H21F3N2O3/c17-16(18,19)10-24-9-11-3-1-5-13(7-11)21-15(23)20-8-12-4-2-6-14(12)22/h1,3,5,7,12,14,22H,2,4,6,8-10H2,(H2,20,21,23)/t12-,14-/m1/s1. The fourth-order valence-electron chi connectivity index (χ4n) is 2.68. The lowest BCUT2D eigenvalue weighted by Gasteiger charge is -2.15. The number of urea groups is 1. The number of rotatable bonds is 6. The van der Waals surface area contributed by atoms with Gasteiger partial charge in [-0.05, 0) is 30.5 Å². The first-order valence-electron chi connectivity index (χ1n) is 7.80. The number of halogens is 3. The number of amides is 2. The van der Waals surface area contributed by atoms with Crippen molar-refractivity contribution in [1.29, 1.82) is 0 Å². The molecule has 0 heterocycles. The van der Waals surface area contributed by atoms with Crippen LogP contribution in [0.4, 0.5) is 23.7 Å². The predicted octanol–water partition coefficient (Wildman–Crippen LogP) is 3.05. The van der Waals surface area contributed by atoms with E-state index in [-0.39, 0.29) is 18.6 Å². The molecule has 24 heavy (non-hydrogen) atoms. The Morgan fingerprint density at radius 2 is 2.12 bits per heavy atom. The van der Waals surface area contributed by atoms with Crippen molar-refractivity contribution in [3.05, 3.63) is 29.8 Å². The molecule has 0 bridgehead atoms. The summed E-state index contributed by atoms with van der Waals surface area (Å²) in [6.07, 6.45) is -2.14. The molecule has 8 heteroatoms. The zero-order valence-corrected chi connectivity index (χ0v) is 13.1. The summed E-state index contributed by atoms with van der Waals surface area (Å²) in [5, 5.41) is 15.0. The minimum Gasteiger partial charge on any atom is -0.393 e. The fourth-order valence-corrected chi connectivity index (χ4v) is 2.68. The van der Waals surface area contributed by atoms with E-state index < -0.39 is 18.8 Å². The van der Waals surface area contributed by atoms with E-state index in [0.717, 1.165) is 19.3 Å². The van der Waals surface area contributed by atoms with Gasteiger partial charge in [0.2, 0.25) is 0 Å². The van der Waals surface area contributed by atoms with Crippen LogP contribution < -0.4 is 10.6 Å². The maximum Gasteiger partial charge on any atom is 0.411 e. The molecule has 1 aromatic carbocycles. The van der Waals surface area contributed by atoms with E-state index in [1.165, 1.54) is 0 Å². The molecule has 3 N–H and O–H groups in total. The molecule has 1 aliphatic rings. The van der Waals surface area contributed by atoms with Gasteiger partial charge in [-0.2, -0.15) is 13.2 Å². The fraction of sp³-hybridized carbons (Fsp3) is 0.562. The van der Waals surface area contributed by atoms with Crippen LogP contribution in [-0.4, -0.2) is 36.6 Å². The number of carbonyl (C=O) groups excluding carboxylic acids is 1. The summed E-state index contributed by atoms with van der Waals surface area (Å²) < 4.78 is 40.7. The Bertz CT molecular complexity index is 552. The number of ether oxygens (including phenoxy) is 1. The van der Waals surface area contributed by atoms with E-state index in [1.54, 1.807) is 24.3 Å². The van der Waals surface area contributed by atoms with Gasteiger partial charge in [-0.25, -0.2) is 4.79 Å². The van der Waals surface area contributed by atoms with Gasteiger partial charge in [0.15, 0.2) is 0 Å². The molecule has 1 aromatic rings. The van der Waals surface area contributed by atoms with E-state index in [0.29, 0.717) is 17.8 Å². The van der Waals surface area contributed by atoms with Crippen molar-refractivity contribution in [3.8, 4) is 0 Å². The van der Waals surface area contributed by atoms with Crippen LogP contribution in [0.1, 0.15) is 24.8 Å². The van der Waals surface area contributed by atoms with Crippen molar-refractivity contribution in [3.63, 3.8) is 0 Å². The van der Waals surface area contributed by atoms with Crippen LogP contribution in [-0.2, 0) is 11.3 Å². The molecule has 1 fully saturated rings. The Kier molecular flexibility index (Phi) is 6.44. The molecule has 2 rings (SSSR count).